The molecule has 0 aliphatic carbocycles. The predicted molar refractivity (Wildman–Crippen MR) is 130 cm³/mol. The smallest absolute Gasteiger partial charge is 0.324 e. The number of carbonyl (C=O) groups is 1. The molecule has 2 aromatic rings. The number of nitrogens with zero attached hydrogens (tertiary/aromatic N) is 3. The van der Waals surface area contributed by atoms with Crippen molar-refractivity contribution >= 4 is 17.8 Å². The van der Waals surface area contributed by atoms with Gasteiger partial charge in [-0.2, -0.15) is 0 Å². The predicted octanol–water partition coefficient (Wildman–Crippen LogP) is 5.32. The number of benzene rings is 2. The lowest BCUT2D eigenvalue weighted by Crippen LogP contribution is -2.48. The van der Waals surface area contributed by atoms with Gasteiger partial charge in [0.25, 0.3) is 0 Å². The third-order valence-corrected chi connectivity index (χ3v) is 6.55. The molecule has 2 aliphatic rings. The third kappa shape index (κ3) is 5.19. The number of urea groups is 1. The van der Waals surface area contributed by atoms with Crippen LogP contribution in [-0.4, -0.2) is 56.1 Å². The first-order valence-electron chi connectivity index (χ1n) is 11.6. The normalized spacial score (nSPS) is 17.4. The zero-order chi connectivity index (χ0) is 21.8. The van der Waals surface area contributed by atoms with E-state index in [1.807, 2.05) is 4.90 Å². The van der Waals surface area contributed by atoms with Gasteiger partial charge in [0.15, 0.2) is 0 Å². The summed E-state index contributed by atoms with van der Waals surface area (Å²) in [6, 6.07) is 15.6. The summed E-state index contributed by atoms with van der Waals surface area (Å²) >= 11 is 0. The van der Waals surface area contributed by atoms with Gasteiger partial charge in [-0.05, 0) is 81.4 Å². The van der Waals surface area contributed by atoms with Gasteiger partial charge in [-0.1, -0.05) is 48.0 Å². The fraction of sp³-hybridized carbons (Fsp3) is 0.444. The Bertz CT molecular complexity index is 924. The lowest BCUT2D eigenvalue weighted by atomic mass is 9.89. The van der Waals surface area contributed by atoms with Crippen LogP contribution in [0.15, 0.2) is 48.5 Å². The lowest BCUT2D eigenvalue weighted by molar-refractivity contribution is 0.187. The highest BCUT2D eigenvalue weighted by Crippen LogP contribution is 2.32. The second-order valence-electron chi connectivity index (χ2n) is 9.26. The largest absolute Gasteiger partial charge is 0.324 e. The fourth-order valence-corrected chi connectivity index (χ4v) is 4.73. The Morgan fingerprint density at radius 1 is 1.06 bits per heavy atom. The molecule has 1 fully saturated rings. The van der Waals surface area contributed by atoms with Crippen molar-refractivity contribution in [2.45, 2.75) is 38.5 Å². The number of anilines is 1. The van der Waals surface area contributed by atoms with Crippen LogP contribution in [0.1, 0.15) is 47.4 Å². The maximum atomic E-state index is 13.4. The maximum Gasteiger partial charge on any atom is 0.324 e. The summed E-state index contributed by atoms with van der Waals surface area (Å²) in [6.07, 6.45) is 8.53. The van der Waals surface area contributed by atoms with E-state index < -0.39 is 0 Å². The Morgan fingerprint density at radius 3 is 2.52 bits per heavy atom. The van der Waals surface area contributed by atoms with Crippen molar-refractivity contribution in [1.82, 2.24) is 9.80 Å². The van der Waals surface area contributed by atoms with Gasteiger partial charge >= 0.3 is 6.03 Å². The molecule has 2 heterocycles. The number of likely N-dealkylation sites (N-methyl/N-ethyl adjacent to an activating group) is 1. The molecule has 2 aliphatic heterocycles. The second kappa shape index (κ2) is 9.69. The summed E-state index contributed by atoms with van der Waals surface area (Å²) < 4.78 is 0. The van der Waals surface area contributed by atoms with Crippen LogP contribution in [0, 0.1) is 6.92 Å². The van der Waals surface area contributed by atoms with Crippen molar-refractivity contribution in [2.75, 3.05) is 45.2 Å². The Hall–Kier alpha value is -2.59. The van der Waals surface area contributed by atoms with Gasteiger partial charge in [0.1, 0.15) is 0 Å². The molecule has 0 N–H and O–H groups in total. The highest BCUT2D eigenvalue weighted by Gasteiger charge is 2.30. The zero-order valence-corrected chi connectivity index (χ0v) is 19.2. The van der Waals surface area contributed by atoms with Gasteiger partial charge < -0.3 is 9.80 Å². The summed E-state index contributed by atoms with van der Waals surface area (Å²) in [7, 11) is 4.15. The number of aryl methyl sites for hydroxylation is 2. The van der Waals surface area contributed by atoms with Gasteiger partial charge in [-0.25, -0.2) is 4.79 Å². The molecular weight excluding hydrogens is 382 g/mol. The molecule has 4 heteroatoms. The van der Waals surface area contributed by atoms with Crippen molar-refractivity contribution in [3.05, 3.63) is 70.8 Å². The SMILES string of the molecule is Cc1ccc(C2CCN(C(=O)N3CCCc4cc(/C=C/CN(C)C)ccc43)CC2)cc1. The fourth-order valence-electron chi connectivity index (χ4n) is 4.73. The van der Waals surface area contributed by atoms with Crippen LogP contribution in [0.3, 0.4) is 0 Å². The van der Waals surface area contributed by atoms with E-state index >= 15 is 0 Å². The number of rotatable bonds is 4. The van der Waals surface area contributed by atoms with Crippen molar-refractivity contribution in [2.24, 2.45) is 0 Å². The van der Waals surface area contributed by atoms with Gasteiger partial charge in [0.2, 0.25) is 0 Å². The Labute approximate surface area is 187 Å². The van der Waals surface area contributed by atoms with E-state index in [-0.39, 0.29) is 6.03 Å². The molecule has 0 radical (unpaired) electrons. The molecule has 0 saturated carbocycles. The molecule has 2 aromatic carbocycles. The lowest BCUT2D eigenvalue weighted by Gasteiger charge is -2.38. The topological polar surface area (TPSA) is 26.8 Å². The summed E-state index contributed by atoms with van der Waals surface area (Å²) in [5.41, 5.74) is 6.32. The monoisotopic (exact) mass is 417 g/mol. The van der Waals surface area contributed by atoms with E-state index in [4.69, 9.17) is 0 Å². The first-order valence-corrected chi connectivity index (χ1v) is 11.6. The van der Waals surface area contributed by atoms with Gasteiger partial charge in [-0.15, -0.1) is 0 Å². The standard InChI is InChI=1S/C27H35N3O/c1-21-8-11-23(12-9-21)24-14-18-29(19-15-24)27(31)30-17-5-7-25-20-22(10-13-26(25)30)6-4-16-28(2)3/h4,6,8-13,20,24H,5,7,14-19H2,1-3H3/b6-4+. The molecule has 0 bridgehead atoms. The highest BCUT2D eigenvalue weighted by molar-refractivity contribution is 5.93. The molecule has 4 rings (SSSR count). The molecule has 4 nitrogen and oxygen atoms in total. The second-order valence-corrected chi connectivity index (χ2v) is 9.26. The van der Waals surface area contributed by atoms with E-state index in [1.165, 1.54) is 22.3 Å². The molecular formula is C27H35N3O. The van der Waals surface area contributed by atoms with Crippen molar-refractivity contribution in [3.8, 4) is 0 Å². The van der Waals surface area contributed by atoms with Gasteiger partial charge in [0.05, 0.1) is 0 Å². The average molecular weight is 418 g/mol. The molecule has 0 spiro atoms. The van der Waals surface area contributed by atoms with Crippen LogP contribution in [0.2, 0.25) is 0 Å². The molecule has 2 amide bonds. The first kappa shape index (κ1) is 21.6. The van der Waals surface area contributed by atoms with Crippen LogP contribution in [0.5, 0.6) is 0 Å². The van der Waals surface area contributed by atoms with E-state index in [0.717, 1.165) is 57.5 Å². The minimum atomic E-state index is 0.180. The summed E-state index contributed by atoms with van der Waals surface area (Å²) in [5, 5.41) is 0. The van der Waals surface area contributed by atoms with Gasteiger partial charge in [-0.3, -0.25) is 4.90 Å². The van der Waals surface area contributed by atoms with Gasteiger partial charge in [0, 0.05) is 31.9 Å². The van der Waals surface area contributed by atoms with E-state index in [9.17, 15) is 4.79 Å². The number of amides is 2. The Kier molecular flexibility index (Phi) is 6.77. The summed E-state index contributed by atoms with van der Waals surface area (Å²) in [5.74, 6) is 0.565. The number of fused-ring (bicyclic) bond motifs is 1. The highest BCUT2D eigenvalue weighted by atomic mass is 16.2. The average Bonchev–Trinajstić information content (AvgIpc) is 2.78. The quantitative estimate of drug-likeness (QED) is 0.673. The summed E-state index contributed by atoms with van der Waals surface area (Å²) in [4.78, 5) is 19.6. The molecule has 164 valence electrons. The summed E-state index contributed by atoms with van der Waals surface area (Å²) in [6.45, 7) is 5.56. The number of likely N-dealkylation sites (tertiary alicyclic amines) is 1. The molecule has 0 unspecified atom stereocenters. The van der Waals surface area contributed by atoms with Crippen molar-refractivity contribution < 1.29 is 4.79 Å². The van der Waals surface area contributed by atoms with Crippen molar-refractivity contribution in [3.63, 3.8) is 0 Å². The molecule has 0 aromatic heterocycles. The Balaban J connectivity index is 1.41. The minimum Gasteiger partial charge on any atom is -0.324 e. The van der Waals surface area contributed by atoms with Crippen LogP contribution in [0.4, 0.5) is 10.5 Å². The van der Waals surface area contributed by atoms with Crippen LogP contribution in [-0.2, 0) is 6.42 Å². The van der Waals surface area contributed by atoms with Crippen LogP contribution in [0.25, 0.3) is 6.08 Å². The number of hydrogen-bond acceptors (Lipinski definition) is 2. The number of hydrogen-bond donors (Lipinski definition) is 0. The minimum absolute atomic E-state index is 0.180. The van der Waals surface area contributed by atoms with E-state index in [2.05, 4.69) is 85.4 Å². The van der Waals surface area contributed by atoms with E-state index in [0.29, 0.717) is 5.92 Å². The molecule has 0 atom stereocenters. The van der Waals surface area contributed by atoms with Crippen molar-refractivity contribution in [1.29, 1.82) is 0 Å². The van der Waals surface area contributed by atoms with Crippen LogP contribution < -0.4 is 4.90 Å². The number of piperidine rings is 1. The maximum absolute atomic E-state index is 13.4. The first-order chi connectivity index (χ1) is 15.0. The van der Waals surface area contributed by atoms with E-state index in [1.54, 1.807) is 0 Å². The third-order valence-electron chi connectivity index (χ3n) is 6.55. The molecule has 31 heavy (non-hydrogen) atoms. The Morgan fingerprint density at radius 2 is 1.81 bits per heavy atom. The number of carbonyl (C=O) groups excluding carboxylic acids is 1. The zero-order valence-electron chi connectivity index (χ0n) is 19.2. The molecule has 1 saturated heterocycles. The van der Waals surface area contributed by atoms with Crippen LogP contribution >= 0.6 is 0 Å².